The Labute approximate surface area is 253 Å². The SMILES string of the molecule is COc1ccc(/C=N\OCc2nc3c4c(ncn3n2)Oc2c(c(C)nn2-c2ccccc2)C4c2ccc(C)cc2)cc1OC. The average molecular weight is 588 g/mol. The smallest absolute Gasteiger partial charge is 0.230 e. The molecule has 6 aromatic rings. The molecular weight excluding hydrogens is 558 g/mol. The van der Waals surface area contributed by atoms with Crippen molar-refractivity contribution in [2.45, 2.75) is 26.4 Å². The number of methoxy groups -OCH3 is 2. The highest BCUT2D eigenvalue weighted by Crippen LogP contribution is 2.49. The summed E-state index contributed by atoms with van der Waals surface area (Å²) in [7, 11) is 3.18. The third-order valence-electron chi connectivity index (χ3n) is 7.55. The molecule has 0 aliphatic carbocycles. The van der Waals surface area contributed by atoms with Crippen LogP contribution in [0, 0.1) is 13.8 Å². The molecule has 1 atom stereocenters. The quantitative estimate of drug-likeness (QED) is 0.163. The van der Waals surface area contributed by atoms with Gasteiger partial charge in [0, 0.05) is 5.56 Å². The number of hydrogen-bond donors (Lipinski definition) is 0. The fraction of sp³-hybridized carbons (Fsp3) is 0.182. The summed E-state index contributed by atoms with van der Waals surface area (Å²) in [4.78, 5) is 15.1. The van der Waals surface area contributed by atoms with Crippen LogP contribution < -0.4 is 14.2 Å². The molecular formula is C33H29N7O4. The van der Waals surface area contributed by atoms with E-state index in [-0.39, 0.29) is 12.5 Å². The van der Waals surface area contributed by atoms with Crippen LogP contribution in [0.4, 0.5) is 0 Å². The van der Waals surface area contributed by atoms with Gasteiger partial charge < -0.3 is 19.0 Å². The van der Waals surface area contributed by atoms with E-state index in [2.05, 4.69) is 46.4 Å². The first-order valence-electron chi connectivity index (χ1n) is 14.0. The van der Waals surface area contributed by atoms with Gasteiger partial charge in [0.05, 0.1) is 48.9 Å². The fourth-order valence-electron chi connectivity index (χ4n) is 5.45. The van der Waals surface area contributed by atoms with Crippen LogP contribution in [0.15, 0.2) is 84.3 Å². The van der Waals surface area contributed by atoms with E-state index in [0.29, 0.717) is 34.7 Å². The molecule has 1 aliphatic heterocycles. The molecule has 1 unspecified atom stereocenters. The number of ether oxygens (including phenoxy) is 3. The zero-order chi connectivity index (χ0) is 30.2. The zero-order valence-corrected chi connectivity index (χ0v) is 24.6. The van der Waals surface area contributed by atoms with Crippen molar-refractivity contribution in [3.63, 3.8) is 0 Å². The van der Waals surface area contributed by atoms with Crippen LogP contribution in [0.5, 0.6) is 23.3 Å². The molecule has 0 amide bonds. The monoisotopic (exact) mass is 587 g/mol. The molecule has 11 nitrogen and oxygen atoms in total. The van der Waals surface area contributed by atoms with E-state index >= 15 is 0 Å². The molecule has 0 spiro atoms. The molecule has 0 N–H and O–H groups in total. The molecule has 0 fully saturated rings. The van der Waals surface area contributed by atoms with Gasteiger partial charge in [-0.1, -0.05) is 53.2 Å². The summed E-state index contributed by atoms with van der Waals surface area (Å²) in [6.07, 6.45) is 3.20. The molecule has 7 rings (SSSR count). The molecule has 0 saturated carbocycles. The first-order valence-corrected chi connectivity index (χ1v) is 14.0. The summed E-state index contributed by atoms with van der Waals surface area (Å²) >= 11 is 0. The second-order valence-electron chi connectivity index (χ2n) is 10.4. The van der Waals surface area contributed by atoms with Crippen molar-refractivity contribution >= 4 is 11.9 Å². The molecule has 0 bridgehead atoms. The molecule has 3 aromatic carbocycles. The topological polar surface area (TPSA) is 110 Å². The summed E-state index contributed by atoms with van der Waals surface area (Å²) in [5.74, 6) is 2.56. The summed E-state index contributed by atoms with van der Waals surface area (Å²) in [5.41, 5.74) is 7.20. The van der Waals surface area contributed by atoms with Crippen LogP contribution in [0.2, 0.25) is 0 Å². The van der Waals surface area contributed by atoms with Gasteiger partial charge in [0.1, 0.15) is 6.33 Å². The van der Waals surface area contributed by atoms with E-state index in [9.17, 15) is 0 Å². The summed E-state index contributed by atoms with van der Waals surface area (Å²) in [5, 5.41) is 13.6. The van der Waals surface area contributed by atoms with Crippen LogP contribution in [0.25, 0.3) is 11.3 Å². The van der Waals surface area contributed by atoms with E-state index < -0.39 is 0 Å². The lowest BCUT2D eigenvalue weighted by atomic mass is 9.84. The summed E-state index contributed by atoms with van der Waals surface area (Å²) in [6, 6.07) is 23.9. The minimum absolute atomic E-state index is 0.0620. The van der Waals surface area contributed by atoms with Gasteiger partial charge in [-0.25, -0.2) is 19.2 Å². The normalized spacial score (nSPS) is 13.9. The van der Waals surface area contributed by atoms with Crippen molar-refractivity contribution in [3.05, 3.63) is 118 Å². The third-order valence-corrected chi connectivity index (χ3v) is 7.55. The maximum Gasteiger partial charge on any atom is 0.230 e. The van der Waals surface area contributed by atoms with Crippen molar-refractivity contribution in [3.8, 4) is 28.9 Å². The van der Waals surface area contributed by atoms with Gasteiger partial charge in [0.2, 0.25) is 11.8 Å². The lowest BCUT2D eigenvalue weighted by Crippen LogP contribution is -2.16. The van der Waals surface area contributed by atoms with E-state index in [0.717, 1.165) is 33.6 Å². The van der Waals surface area contributed by atoms with E-state index in [1.54, 1.807) is 31.3 Å². The fourth-order valence-corrected chi connectivity index (χ4v) is 5.45. The number of aromatic nitrogens is 6. The average Bonchev–Trinajstić information content (AvgIpc) is 3.63. The van der Waals surface area contributed by atoms with Crippen molar-refractivity contribution in [1.29, 1.82) is 0 Å². The second kappa shape index (κ2) is 11.2. The van der Waals surface area contributed by atoms with Crippen LogP contribution in [-0.4, -0.2) is 49.8 Å². The van der Waals surface area contributed by atoms with E-state index in [1.165, 1.54) is 5.56 Å². The number of nitrogens with zero attached hydrogens (tertiary/aromatic N) is 7. The number of oxime groups is 1. The highest BCUT2D eigenvalue weighted by molar-refractivity contribution is 5.80. The largest absolute Gasteiger partial charge is 0.493 e. The number of para-hydroxylation sites is 1. The number of hydrogen-bond acceptors (Lipinski definition) is 9. The molecule has 44 heavy (non-hydrogen) atoms. The van der Waals surface area contributed by atoms with E-state index in [1.807, 2.05) is 60.1 Å². The van der Waals surface area contributed by atoms with Crippen molar-refractivity contribution in [2.75, 3.05) is 14.2 Å². The zero-order valence-electron chi connectivity index (χ0n) is 24.6. The highest BCUT2D eigenvalue weighted by atomic mass is 16.6. The van der Waals surface area contributed by atoms with Crippen molar-refractivity contribution in [1.82, 2.24) is 29.4 Å². The lowest BCUT2D eigenvalue weighted by molar-refractivity contribution is 0.126. The molecule has 220 valence electrons. The van der Waals surface area contributed by atoms with Crippen LogP contribution in [0.3, 0.4) is 0 Å². The standard InChI is InChI=1S/C33H29N7O4/c1-20-10-13-23(14-11-20)29-28-21(2)37-40(24-8-6-5-7-9-24)33(28)44-32-30(29)31-36-27(38-39(31)19-34-32)18-43-35-17-22-12-15-25(41-3)26(16-22)42-4/h5-17,19,29H,18H2,1-4H3/b35-17-. The van der Waals surface area contributed by atoms with Gasteiger partial charge >= 0.3 is 0 Å². The predicted octanol–water partition coefficient (Wildman–Crippen LogP) is 5.78. The van der Waals surface area contributed by atoms with Gasteiger partial charge in [-0.05, 0) is 49.7 Å². The Kier molecular flexibility index (Phi) is 6.89. The Morgan fingerprint density at radius 3 is 2.48 bits per heavy atom. The molecule has 11 heteroatoms. The third kappa shape index (κ3) is 4.77. The Morgan fingerprint density at radius 2 is 1.70 bits per heavy atom. The highest BCUT2D eigenvalue weighted by Gasteiger charge is 2.38. The van der Waals surface area contributed by atoms with Gasteiger partial charge in [-0.3, -0.25) is 0 Å². The molecule has 4 heterocycles. The second-order valence-corrected chi connectivity index (χ2v) is 10.4. The summed E-state index contributed by atoms with van der Waals surface area (Å²) in [6.45, 7) is 4.14. The maximum absolute atomic E-state index is 6.49. The first kappa shape index (κ1) is 27.1. The minimum atomic E-state index is -0.232. The van der Waals surface area contributed by atoms with Crippen molar-refractivity contribution in [2.24, 2.45) is 5.16 Å². The van der Waals surface area contributed by atoms with E-state index in [4.69, 9.17) is 29.1 Å². The van der Waals surface area contributed by atoms with Gasteiger partial charge in [-0.2, -0.15) is 5.10 Å². The number of aryl methyl sites for hydroxylation is 2. The van der Waals surface area contributed by atoms with Crippen LogP contribution in [0.1, 0.15) is 45.3 Å². The van der Waals surface area contributed by atoms with Crippen LogP contribution in [-0.2, 0) is 11.4 Å². The Balaban J connectivity index is 1.25. The number of benzene rings is 3. The van der Waals surface area contributed by atoms with Gasteiger partial charge in [0.25, 0.3) is 0 Å². The summed E-state index contributed by atoms with van der Waals surface area (Å²) < 4.78 is 20.6. The Hall–Kier alpha value is -5.71. The predicted molar refractivity (Wildman–Crippen MR) is 163 cm³/mol. The molecule has 3 aromatic heterocycles. The Bertz CT molecular complexity index is 2000. The van der Waals surface area contributed by atoms with Crippen LogP contribution >= 0.6 is 0 Å². The first-order chi connectivity index (χ1) is 21.5. The Morgan fingerprint density at radius 1 is 0.909 bits per heavy atom. The van der Waals surface area contributed by atoms with Gasteiger partial charge in [0.15, 0.2) is 29.6 Å². The molecule has 1 aliphatic rings. The number of fused-ring (bicyclic) bond motifs is 4. The minimum Gasteiger partial charge on any atom is -0.493 e. The number of rotatable bonds is 8. The lowest BCUT2D eigenvalue weighted by Gasteiger charge is -2.26. The van der Waals surface area contributed by atoms with Gasteiger partial charge in [-0.15, -0.1) is 5.10 Å². The molecule has 0 saturated heterocycles. The van der Waals surface area contributed by atoms with Crippen molar-refractivity contribution < 1.29 is 19.0 Å². The molecule has 0 radical (unpaired) electrons. The maximum atomic E-state index is 6.49.